The number of carbonyl (C=O) groups is 2. The van der Waals surface area contributed by atoms with Crippen molar-refractivity contribution in [1.82, 2.24) is 10.2 Å². The first-order valence-electron chi connectivity index (χ1n) is 13.7. The first-order chi connectivity index (χ1) is 20.2. The Hall–Kier alpha value is -4.50. The predicted molar refractivity (Wildman–Crippen MR) is 162 cm³/mol. The highest BCUT2D eigenvalue weighted by atomic mass is 32.2. The van der Waals surface area contributed by atoms with Gasteiger partial charge in [-0.25, -0.2) is 12.8 Å². The number of nitrogens with zero attached hydrogens (tertiary/aromatic N) is 2. The average molecular weight is 588 g/mol. The molecule has 0 bridgehead atoms. The second-order valence-electron chi connectivity index (χ2n) is 9.85. The largest absolute Gasteiger partial charge is 0.355 e. The third-order valence-electron chi connectivity index (χ3n) is 6.95. The van der Waals surface area contributed by atoms with Crippen LogP contribution in [0.1, 0.15) is 23.6 Å². The van der Waals surface area contributed by atoms with Crippen LogP contribution < -0.4 is 9.62 Å². The Kier molecular flexibility index (Phi) is 10.1. The number of benzene rings is 4. The van der Waals surface area contributed by atoms with Crippen LogP contribution in [0.25, 0.3) is 0 Å². The molecule has 0 fully saturated rings. The van der Waals surface area contributed by atoms with Crippen molar-refractivity contribution in [3.63, 3.8) is 0 Å². The quantitative estimate of drug-likeness (QED) is 0.250. The molecular weight excluding hydrogens is 553 g/mol. The van der Waals surface area contributed by atoms with Crippen molar-refractivity contribution in [3.8, 4) is 0 Å². The minimum atomic E-state index is -4.28. The average Bonchev–Trinajstić information content (AvgIpc) is 2.99. The molecule has 4 aromatic carbocycles. The molecule has 0 aliphatic rings. The molecule has 1 atom stereocenters. The number of hydrogen-bond donors (Lipinski definition) is 1. The molecule has 4 rings (SSSR count). The molecule has 0 aliphatic carbocycles. The molecule has 42 heavy (non-hydrogen) atoms. The second kappa shape index (κ2) is 13.9. The molecule has 2 amide bonds. The van der Waals surface area contributed by atoms with E-state index in [9.17, 15) is 22.4 Å². The highest BCUT2D eigenvalue weighted by molar-refractivity contribution is 7.92. The van der Waals surface area contributed by atoms with Crippen LogP contribution in [-0.4, -0.2) is 44.3 Å². The molecule has 0 spiro atoms. The van der Waals surface area contributed by atoms with E-state index in [1.807, 2.05) is 61.5 Å². The summed E-state index contributed by atoms with van der Waals surface area (Å²) in [5.74, 6) is -1.47. The maximum atomic E-state index is 14.3. The van der Waals surface area contributed by atoms with Gasteiger partial charge in [0, 0.05) is 19.5 Å². The fourth-order valence-electron chi connectivity index (χ4n) is 4.67. The fraction of sp³-hybridized carbons (Fsp3) is 0.212. The Morgan fingerprint density at radius 3 is 2.05 bits per heavy atom. The van der Waals surface area contributed by atoms with Gasteiger partial charge in [0.05, 0.1) is 10.6 Å². The minimum Gasteiger partial charge on any atom is -0.355 e. The number of para-hydroxylation sites is 1. The van der Waals surface area contributed by atoms with Gasteiger partial charge in [-0.3, -0.25) is 13.9 Å². The number of hydrogen-bond acceptors (Lipinski definition) is 4. The number of aryl methyl sites for hydroxylation is 1. The summed E-state index contributed by atoms with van der Waals surface area (Å²) in [5, 5.41) is 2.85. The molecule has 0 unspecified atom stereocenters. The number of likely N-dealkylation sites (N-methyl/N-ethyl adjacent to an activating group) is 1. The Morgan fingerprint density at radius 2 is 1.43 bits per heavy atom. The lowest BCUT2D eigenvalue weighted by atomic mass is 10.0. The van der Waals surface area contributed by atoms with Crippen LogP contribution in [0.15, 0.2) is 114 Å². The second-order valence-corrected chi connectivity index (χ2v) is 11.7. The van der Waals surface area contributed by atoms with Gasteiger partial charge in [-0.15, -0.1) is 0 Å². The maximum Gasteiger partial charge on any atom is 0.264 e. The molecule has 0 radical (unpaired) electrons. The molecule has 0 saturated heterocycles. The SMILES string of the molecule is CCNC(=O)[C@@H](Cc1ccccc1)N(Cc1ccccc1C)C(=O)CN(c1ccccc1)S(=O)(=O)c1ccc(F)cc1. The first-order valence-corrected chi connectivity index (χ1v) is 15.1. The zero-order valence-electron chi connectivity index (χ0n) is 23.6. The summed E-state index contributed by atoms with van der Waals surface area (Å²) in [7, 11) is -4.28. The van der Waals surface area contributed by atoms with Gasteiger partial charge < -0.3 is 10.2 Å². The van der Waals surface area contributed by atoms with E-state index in [0.29, 0.717) is 6.54 Å². The molecule has 218 valence electrons. The molecule has 7 nitrogen and oxygen atoms in total. The van der Waals surface area contributed by atoms with E-state index < -0.39 is 34.3 Å². The van der Waals surface area contributed by atoms with E-state index >= 15 is 0 Å². The van der Waals surface area contributed by atoms with Crippen LogP contribution in [0.2, 0.25) is 0 Å². The lowest BCUT2D eigenvalue weighted by molar-refractivity contribution is -0.140. The first kappa shape index (κ1) is 30.5. The lowest BCUT2D eigenvalue weighted by Crippen LogP contribution is -2.53. The Labute approximate surface area is 246 Å². The minimum absolute atomic E-state index is 0.0966. The summed E-state index contributed by atoms with van der Waals surface area (Å²) < 4.78 is 42.4. The summed E-state index contributed by atoms with van der Waals surface area (Å²) in [6, 6.07) is 28.8. The van der Waals surface area contributed by atoms with Crippen molar-refractivity contribution in [3.05, 3.63) is 132 Å². The van der Waals surface area contributed by atoms with Gasteiger partial charge in [-0.1, -0.05) is 72.8 Å². The van der Waals surface area contributed by atoms with Crippen LogP contribution in [0, 0.1) is 12.7 Å². The van der Waals surface area contributed by atoms with E-state index in [0.717, 1.165) is 33.1 Å². The summed E-state index contributed by atoms with van der Waals surface area (Å²) in [5.41, 5.74) is 2.89. The number of carbonyl (C=O) groups excluding carboxylic acids is 2. The van der Waals surface area contributed by atoms with Crippen molar-refractivity contribution in [2.45, 2.75) is 37.8 Å². The highest BCUT2D eigenvalue weighted by Gasteiger charge is 2.34. The van der Waals surface area contributed by atoms with E-state index in [2.05, 4.69) is 5.32 Å². The molecule has 9 heteroatoms. The fourth-order valence-corrected chi connectivity index (χ4v) is 6.09. The monoisotopic (exact) mass is 587 g/mol. The van der Waals surface area contributed by atoms with Crippen LogP contribution in [0.4, 0.5) is 10.1 Å². The zero-order chi connectivity index (χ0) is 30.1. The topological polar surface area (TPSA) is 86.8 Å². The predicted octanol–water partition coefficient (Wildman–Crippen LogP) is 5.11. The maximum absolute atomic E-state index is 14.3. The van der Waals surface area contributed by atoms with Crippen molar-refractivity contribution in [1.29, 1.82) is 0 Å². The van der Waals surface area contributed by atoms with Gasteiger partial charge >= 0.3 is 0 Å². The lowest BCUT2D eigenvalue weighted by Gasteiger charge is -2.34. The third-order valence-corrected chi connectivity index (χ3v) is 8.74. The molecule has 0 heterocycles. The van der Waals surface area contributed by atoms with Crippen LogP contribution >= 0.6 is 0 Å². The van der Waals surface area contributed by atoms with E-state index in [1.165, 1.54) is 17.0 Å². The standard InChI is InChI=1S/C33H34FN3O4S/c1-3-35-33(39)31(22-26-13-6-4-7-14-26)36(23-27-15-11-10-12-25(27)2)32(38)24-37(29-16-8-5-9-17-29)42(40,41)30-20-18-28(34)19-21-30/h4-21,31H,3,22-24H2,1-2H3,(H,35,39)/t31-/m1/s1. The number of anilines is 1. The smallest absolute Gasteiger partial charge is 0.264 e. The molecule has 0 aliphatic heterocycles. The zero-order valence-corrected chi connectivity index (χ0v) is 24.4. The summed E-state index contributed by atoms with van der Waals surface area (Å²) in [6.07, 6.45) is 0.236. The van der Waals surface area contributed by atoms with E-state index in [-0.39, 0.29) is 29.5 Å². The van der Waals surface area contributed by atoms with Crippen molar-refractivity contribution >= 4 is 27.5 Å². The number of halogens is 1. The third kappa shape index (κ3) is 7.41. The number of rotatable bonds is 12. The van der Waals surface area contributed by atoms with Crippen LogP contribution in [0.5, 0.6) is 0 Å². The Bertz CT molecular complexity index is 1600. The number of amides is 2. The molecule has 0 aromatic heterocycles. The van der Waals surface area contributed by atoms with Crippen molar-refractivity contribution < 1.29 is 22.4 Å². The van der Waals surface area contributed by atoms with E-state index in [4.69, 9.17) is 0 Å². The summed E-state index contributed by atoms with van der Waals surface area (Å²) >= 11 is 0. The Morgan fingerprint density at radius 1 is 0.833 bits per heavy atom. The summed E-state index contributed by atoms with van der Waals surface area (Å²) in [4.78, 5) is 29.1. The van der Waals surface area contributed by atoms with Crippen LogP contribution in [0.3, 0.4) is 0 Å². The summed E-state index contributed by atoms with van der Waals surface area (Å²) in [6.45, 7) is 3.62. The van der Waals surface area contributed by atoms with Crippen molar-refractivity contribution in [2.24, 2.45) is 0 Å². The Balaban J connectivity index is 1.78. The van der Waals surface area contributed by atoms with Gasteiger partial charge in [0.2, 0.25) is 11.8 Å². The van der Waals surface area contributed by atoms with Gasteiger partial charge in [0.25, 0.3) is 10.0 Å². The van der Waals surface area contributed by atoms with Gasteiger partial charge in [0.15, 0.2) is 0 Å². The number of nitrogens with one attached hydrogen (secondary N) is 1. The highest BCUT2D eigenvalue weighted by Crippen LogP contribution is 2.25. The van der Waals surface area contributed by atoms with E-state index in [1.54, 1.807) is 37.3 Å². The number of sulfonamides is 1. The molecule has 4 aromatic rings. The van der Waals surface area contributed by atoms with Gasteiger partial charge in [-0.05, 0) is 66.9 Å². The van der Waals surface area contributed by atoms with Gasteiger partial charge in [0.1, 0.15) is 18.4 Å². The van der Waals surface area contributed by atoms with Crippen LogP contribution in [-0.2, 0) is 32.6 Å². The van der Waals surface area contributed by atoms with Crippen molar-refractivity contribution in [2.75, 3.05) is 17.4 Å². The molecular formula is C33H34FN3O4S. The normalized spacial score (nSPS) is 11.9. The molecule has 1 N–H and O–H groups in total. The molecule has 0 saturated carbocycles. The van der Waals surface area contributed by atoms with Gasteiger partial charge in [-0.2, -0.15) is 0 Å².